The molecule has 4 rings (SSSR count). The van der Waals surface area contributed by atoms with E-state index in [-0.39, 0.29) is 16.8 Å². The third-order valence-corrected chi connectivity index (χ3v) is 5.03. The van der Waals surface area contributed by atoms with Gasteiger partial charge in [-0.2, -0.15) is 4.98 Å². The van der Waals surface area contributed by atoms with Gasteiger partial charge in [-0.3, -0.25) is 4.79 Å². The molecule has 1 aromatic heterocycles. The number of halogens is 2. The number of benzene rings is 2. The predicted molar refractivity (Wildman–Crippen MR) is 100 cm³/mol. The van der Waals surface area contributed by atoms with Crippen LogP contribution in [0, 0.1) is 19.7 Å². The molecular formula is C20H17ClFN3O2. The molecule has 1 unspecified atom stereocenters. The van der Waals surface area contributed by atoms with Crippen LogP contribution in [0.4, 0.5) is 10.1 Å². The van der Waals surface area contributed by atoms with Gasteiger partial charge in [0.2, 0.25) is 17.6 Å². The Morgan fingerprint density at radius 3 is 2.78 bits per heavy atom. The quantitative estimate of drug-likeness (QED) is 0.657. The summed E-state index contributed by atoms with van der Waals surface area (Å²) in [7, 11) is 0. The zero-order valence-electron chi connectivity index (χ0n) is 14.9. The number of carbonyl (C=O) groups is 1. The molecule has 0 spiro atoms. The fourth-order valence-electron chi connectivity index (χ4n) is 3.37. The van der Waals surface area contributed by atoms with Gasteiger partial charge < -0.3 is 9.42 Å². The molecule has 27 heavy (non-hydrogen) atoms. The summed E-state index contributed by atoms with van der Waals surface area (Å²) in [5.74, 6) is 0.0527. The molecule has 0 aliphatic carbocycles. The molecule has 138 valence electrons. The van der Waals surface area contributed by atoms with Gasteiger partial charge in [0.1, 0.15) is 5.82 Å². The van der Waals surface area contributed by atoms with Gasteiger partial charge in [0.25, 0.3) is 0 Å². The van der Waals surface area contributed by atoms with E-state index in [2.05, 4.69) is 16.2 Å². The largest absolute Gasteiger partial charge is 0.339 e. The number of amides is 1. The maximum Gasteiger partial charge on any atom is 0.232 e. The fraction of sp³-hybridized carbons (Fsp3) is 0.250. The lowest BCUT2D eigenvalue weighted by Crippen LogP contribution is -2.25. The van der Waals surface area contributed by atoms with Crippen molar-refractivity contribution in [3.63, 3.8) is 0 Å². The Bertz CT molecular complexity index is 1030. The topological polar surface area (TPSA) is 59.2 Å². The van der Waals surface area contributed by atoms with E-state index in [1.807, 2.05) is 26.0 Å². The number of anilines is 1. The first-order valence-electron chi connectivity index (χ1n) is 8.59. The zero-order chi connectivity index (χ0) is 19.1. The first kappa shape index (κ1) is 17.7. The van der Waals surface area contributed by atoms with Crippen LogP contribution < -0.4 is 4.90 Å². The van der Waals surface area contributed by atoms with Crippen LogP contribution in [0.2, 0.25) is 5.02 Å². The standard InChI is InChI=1S/C20H17ClFN3O2/c1-11-3-6-17(12(2)7-11)25-10-14(9-18(25)26)20-23-19(24-27-20)13-4-5-16(22)15(21)8-13/h3-8,14H,9-10H2,1-2H3. The van der Waals surface area contributed by atoms with E-state index in [0.29, 0.717) is 30.2 Å². The van der Waals surface area contributed by atoms with Crippen molar-refractivity contribution in [2.75, 3.05) is 11.4 Å². The Kier molecular flexibility index (Phi) is 4.44. The highest BCUT2D eigenvalue weighted by Crippen LogP contribution is 2.34. The van der Waals surface area contributed by atoms with E-state index in [9.17, 15) is 9.18 Å². The summed E-state index contributed by atoms with van der Waals surface area (Å²) in [4.78, 5) is 18.7. The SMILES string of the molecule is Cc1ccc(N2CC(c3nc(-c4ccc(F)c(Cl)c4)no3)CC2=O)c(C)c1. The predicted octanol–water partition coefficient (Wildman–Crippen LogP) is 4.67. The number of carbonyl (C=O) groups excluding carboxylic acids is 1. The minimum Gasteiger partial charge on any atom is -0.339 e. The van der Waals surface area contributed by atoms with Crippen molar-refractivity contribution >= 4 is 23.2 Å². The second kappa shape index (κ2) is 6.78. The third kappa shape index (κ3) is 3.32. The first-order chi connectivity index (χ1) is 12.9. The van der Waals surface area contributed by atoms with Crippen LogP contribution in [0.15, 0.2) is 40.9 Å². The van der Waals surface area contributed by atoms with Crippen molar-refractivity contribution in [3.8, 4) is 11.4 Å². The number of rotatable bonds is 3. The van der Waals surface area contributed by atoms with Crippen molar-refractivity contribution in [1.29, 1.82) is 0 Å². The van der Waals surface area contributed by atoms with Crippen LogP contribution in [0.3, 0.4) is 0 Å². The zero-order valence-corrected chi connectivity index (χ0v) is 15.6. The Hall–Kier alpha value is -2.73. The summed E-state index contributed by atoms with van der Waals surface area (Å²) in [6.07, 6.45) is 0.305. The van der Waals surface area contributed by atoms with E-state index in [0.717, 1.165) is 16.8 Å². The molecule has 0 N–H and O–H groups in total. The molecule has 1 amide bonds. The highest BCUT2D eigenvalue weighted by Gasteiger charge is 2.35. The summed E-state index contributed by atoms with van der Waals surface area (Å²) >= 11 is 5.82. The molecule has 1 fully saturated rings. The van der Waals surface area contributed by atoms with E-state index in [1.165, 1.54) is 18.2 Å². The molecule has 1 aliphatic rings. The average Bonchev–Trinajstić information content (AvgIpc) is 3.25. The maximum absolute atomic E-state index is 13.3. The van der Waals surface area contributed by atoms with E-state index >= 15 is 0 Å². The lowest BCUT2D eigenvalue weighted by Gasteiger charge is -2.19. The Balaban J connectivity index is 1.57. The summed E-state index contributed by atoms with van der Waals surface area (Å²) in [6, 6.07) is 10.3. The molecule has 7 heteroatoms. The monoisotopic (exact) mass is 385 g/mol. The van der Waals surface area contributed by atoms with Gasteiger partial charge in [0.05, 0.1) is 10.9 Å². The molecular weight excluding hydrogens is 369 g/mol. The Morgan fingerprint density at radius 1 is 1.22 bits per heavy atom. The van der Waals surface area contributed by atoms with Crippen LogP contribution >= 0.6 is 11.6 Å². The van der Waals surface area contributed by atoms with Crippen LogP contribution in [0.1, 0.15) is 29.4 Å². The van der Waals surface area contributed by atoms with Crippen molar-refractivity contribution in [3.05, 3.63) is 64.3 Å². The number of aromatic nitrogens is 2. The van der Waals surface area contributed by atoms with Crippen LogP contribution in [-0.2, 0) is 4.79 Å². The molecule has 0 radical (unpaired) electrons. The summed E-state index contributed by atoms with van der Waals surface area (Å²) in [5, 5.41) is 3.95. The minimum atomic E-state index is -0.505. The van der Waals surface area contributed by atoms with E-state index in [1.54, 1.807) is 4.90 Å². The first-order valence-corrected chi connectivity index (χ1v) is 8.97. The summed E-state index contributed by atoms with van der Waals surface area (Å²) < 4.78 is 18.7. The van der Waals surface area contributed by atoms with Gasteiger partial charge in [0, 0.05) is 24.2 Å². The van der Waals surface area contributed by atoms with Crippen molar-refractivity contribution in [2.24, 2.45) is 0 Å². The third-order valence-electron chi connectivity index (χ3n) is 4.74. The number of aryl methyl sites for hydroxylation is 2. The lowest BCUT2D eigenvalue weighted by molar-refractivity contribution is -0.117. The van der Waals surface area contributed by atoms with Gasteiger partial charge in [-0.1, -0.05) is 34.5 Å². The molecule has 3 aromatic rings. The molecule has 1 saturated heterocycles. The summed E-state index contributed by atoms with van der Waals surface area (Å²) in [6.45, 7) is 4.49. The van der Waals surface area contributed by atoms with Crippen molar-refractivity contribution in [1.82, 2.24) is 10.1 Å². The number of hydrogen-bond acceptors (Lipinski definition) is 4. The van der Waals surface area contributed by atoms with Crippen LogP contribution in [-0.4, -0.2) is 22.6 Å². The van der Waals surface area contributed by atoms with Crippen LogP contribution in [0.5, 0.6) is 0 Å². The van der Waals surface area contributed by atoms with Crippen LogP contribution in [0.25, 0.3) is 11.4 Å². The average molecular weight is 386 g/mol. The van der Waals surface area contributed by atoms with E-state index in [4.69, 9.17) is 16.1 Å². The fourth-order valence-corrected chi connectivity index (χ4v) is 3.55. The van der Waals surface area contributed by atoms with Gasteiger partial charge in [-0.25, -0.2) is 4.39 Å². The van der Waals surface area contributed by atoms with Gasteiger partial charge in [-0.15, -0.1) is 0 Å². The Labute approximate surface area is 160 Å². The second-order valence-electron chi connectivity index (χ2n) is 6.78. The van der Waals surface area contributed by atoms with Gasteiger partial charge in [0.15, 0.2) is 0 Å². The molecule has 0 saturated carbocycles. The van der Waals surface area contributed by atoms with Crippen molar-refractivity contribution in [2.45, 2.75) is 26.2 Å². The number of nitrogens with zero attached hydrogens (tertiary/aromatic N) is 3. The summed E-state index contributed by atoms with van der Waals surface area (Å²) in [5.41, 5.74) is 3.67. The molecule has 5 nitrogen and oxygen atoms in total. The minimum absolute atomic E-state index is 0.00378. The highest BCUT2D eigenvalue weighted by molar-refractivity contribution is 6.31. The molecule has 0 bridgehead atoms. The van der Waals surface area contributed by atoms with Gasteiger partial charge in [-0.05, 0) is 43.7 Å². The Morgan fingerprint density at radius 2 is 2.04 bits per heavy atom. The van der Waals surface area contributed by atoms with Crippen molar-refractivity contribution < 1.29 is 13.7 Å². The molecule has 1 atom stereocenters. The molecule has 1 aliphatic heterocycles. The maximum atomic E-state index is 13.3. The number of hydrogen-bond donors (Lipinski definition) is 0. The molecule has 2 heterocycles. The smallest absolute Gasteiger partial charge is 0.232 e. The molecule has 2 aromatic carbocycles. The second-order valence-corrected chi connectivity index (χ2v) is 7.19. The van der Waals surface area contributed by atoms with E-state index < -0.39 is 5.82 Å². The normalized spacial score (nSPS) is 17.0. The highest BCUT2D eigenvalue weighted by atomic mass is 35.5. The van der Waals surface area contributed by atoms with Gasteiger partial charge >= 0.3 is 0 Å². The lowest BCUT2D eigenvalue weighted by atomic mass is 10.1.